The summed E-state index contributed by atoms with van der Waals surface area (Å²) in [4.78, 5) is 25.7. The molecule has 2 amide bonds. The van der Waals surface area contributed by atoms with Crippen molar-refractivity contribution in [2.75, 3.05) is 13.1 Å². The molecule has 22 heavy (non-hydrogen) atoms. The van der Waals surface area contributed by atoms with Crippen LogP contribution in [0.25, 0.3) is 0 Å². The van der Waals surface area contributed by atoms with E-state index in [2.05, 4.69) is 5.32 Å². The maximum atomic E-state index is 12.7. The highest BCUT2D eigenvalue weighted by Gasteiger charge is 2.29. The molecule has 0 saturated carbocycles. The van der Waals surface area contributed by atoms with Gasteiger partial charge in [-0.1, -0.05) is 29.3 Å². The number of halogens is 2. The Kier molecular flexibility index (Phi) is 5.70. The Morgan fingerprint density at radius 2 is 1.95 bits per heavy atom. The van der Waals surface area contributed by atoms with Gasteiger partial charge in [-0.15, -0.1) is 0 Å². The zero-order valence-electron chi connectivity index (χ0n) is 12.7. The zero-order chi connectivity index (χ0) is 16.3. The van der Waals surface area contributed by atoms with Crippen LogP contribution < -0.4 is 5.32 Å². The molecule has 0 aromatic heterocycles. The molecule has 1 aliphatic heterocycles. The minimum absolute atomic E-state index is 0.00921. The summed E-state index contributed by atoms with van der Waals surface area (Å²) >= 11 is 12.4. The zero-order valence-corrected chi connectivity index (χ0v) is 14.2. The first kappa shape index (κ1) is 17.1. The average Bonchev–Trinajstić information content (AvgIpc) is 2.45. The highest BCUT2D eigenvalue weighted by atomic mass is 35.5. The summed E-state index contributed by atoms with van der Waals surface area (Å²) < 4.78 is 0. The normalized spacial score (nSPS) is 19.6. The van der Waals surface area contributed by atoms with Crippen LogP contribution in [0.2, 0.25) is 10.0 Å². The largest absolute Gasteiger partial charge is 0.352 e. The number of piperidine rings is 1. The first-order valence-electron chi connectivity index (χ1n) is 7.40. The van der Waals surface area contributed by atoms with Crippen molar-refractivity contribution in [2.45, 2.75) is 38.6 Å². The predicted octanol–water partition coefficient (Wildman–Crippen LogP) is 3.22. The lowest BCUT2D eigenvalue weighted by atomic mass is 9.97. The number of rotatable bonds is 3. The van der Waals surface area contributed by atoms with Crippen molar-refractivity contribution in [1.82, 2.24) is 10.2 Å². The lowest BCUT2D eigenvalue weighted by molar-refractivity contribution is -0.134. The lowest BCUT2D eigenvalue weighted by Crippen LogP contribution is -2.50. The molecule has 1 saturated heterocycles. The standard InChI is InChI=1S/C16H20Cl2N2O2/c1-10(15-13(17)6-3-7-14(15)18)16(22)20-8-4-5-12(9-20)19-11(2)21/h3,6-7,10,12H,4-5,8-9H2,1-2H3,(H,19,21)/t10-,12-/m0/s1. The number of hydrogen-bond acceptors (Lipinski definition) is 2. The van der Waals surface area contributed by atoms with E-state index in [9.17, 15) is 9.59 Å². The molecule has 1 aromatic rings. The highest BCUT2D eigenvalue weighted by molar-refractivity contribution is 6.36. The highest BCUT2D eigenvalue weighted by Crippen LogP contribution is 2.33. The number of nitrogens with zero attached hydrogens (tertiary/aromatic N) is 1. The van der Waals surface area contributed by atoms with Crippen molar-refractivity contribution in [2.24, 2.45) is 0 Å². The molecule has 0 bridgehead atoms. The van der Waals surface area contributed by atoms with Gasteiger partial charge in [-0.3, -0.25) is 9.59 Å². The summed E-state index contributed by atoms with van der Waals surface area (Å²) in [5, 5.41) is 3.89. The smallest absolute Gasteiger partial charge is 0.230 e. The Morgan fingerprint density at radius 1 is 1.32 bits per heavy atom. The van der Waals surface area contributed by atoms with E-state index in [4.69, 9.17) is 23.2 Å². The average molecular weight is 343 g/mol. The minimum atomic E-state index is -0.405. The van der Waals surface area contributed by atoms with Gasteiger partial charge in [-0.05, 0) is 31.9 Å². The molecule has 1 N–H and O–H groups in total. The molecule has 1 aliphatic rings. The van der Waals surface area contributed by atoms with E-state index in [-0.39, 0.29) is 17.9 Å². The number of carbonyl (C=O) groups excluding carboxylic acids is 2. The molecular weight excluding hydrogens is 323 g/mol. The van der Waals surface area contributed by atoms with Crippen molar-refractivity contribution < 1.29 is 9.59 Å². The van der Waals surface area contributed by atoms with Crippen molar-refractivity contribution >= 4 is 35.0 Å². The third kappa shape index (κ3) is 3.93. The van der Waals surface area contributed by atoms with Crippen LogP contribution in [0.15, 0.2) is 18.2 Å². The van der Waals surface area contributed by atoms with Crippen LogP contribution in [-0.2, 0) is 9.59 Å². The molecule has 2 atom stereocenters. The van der Waals surface area contributed by atoms with Gasteiger partial charge in [0, 0.05) is 41.7 Å². The van der Waals surface area contributed by atoms with E-state index in [1.807, 2.05) is 6.92 Å². The monoisotopic (exact) mass is 342 g/mol. The number of likely N-dealkylation sites (tertiary alicyclic amines) is 1. The fourth-order valence-electron chi connectivity index (χ4n) is 2.90. The van der Waals surface area contributed by atoms with Crippen LogP contribution in [0.5, 0.6) is 0 Å². The Bertz CT molecular complexity index is 557. The van der Waals surface area contributed by atoms with E-state index in [0.29, 0.717) is 28.7 Å². The predicted molar refractivity (Wildman–Crippen MR) is 88.3 cm³/mol. The Morgan fingerprint density at radius 3 is 2.55 bits per heavy atom. The first-order valence-corrected chi connectivity index (χ1v) is 8.15. The van der Waals surface area contributed by atoms with Gasteiger partial charge in [-0.2, -0.15) is 0 Å². The first-order chi connectivity index (χ1) is 10.4. The molecular formula is C16H20Cl2N2O2. The number of carbonyl (C=O) groups is 2. The van der Waals surface area contributed by atoms with Crippen molar-refractivity contribution in [3.63, 3.8) is 0 Å². The van der Waals surface area contributed by atoms with Gasteiger partial charge in [0.2, 0.25) is 11.8 Å². The molecule has 2 rings (SSSR count). The van der Waals surface area contributed by atoms with Gasteiger partial charge in [0.25, 0.3) is 0 Å². The van der Waals surface area contributed by atoms with Crippen molar-refractivity contribution in [3.8, 4) is 0 Å². The minimum Gasteiger partial charge on any atom is -0.352 e. The molecule has 0 aliphatic carbocycles. The van der Waals surface area contributed by atoms with Gasteiger partial charge in [-0.25, -0.2) is 0 Å². The Labute approximate surface area is 140 Å². The quantitative estimate of drug-likeness (QED) is 0.916. The van der Waals surface area contributed by atoms with Gasteiger partial charge >= 0.3 is 0 Å². The van der Waals surface area contributed by atoms with E-state index < -0.39 is 5.92 Å². The SMILES string of the molecule is CC(=O)N[C@H]1CCCN(C(=O)[C@@H](C)c2c(Cl)cccc2Cl)C1. The summed E-state index contributed by atoms with van der Waals surface area (Å²) in [6.07, 6.45) is 1.77. The molecule has 6 heteroatoms. The molecule has 0 spiro atoms. The van der Waals surface area contributed by atoms with Gasteiger partial charge in [0.1, 0.15) is 0 Å². The van der Waals surface area contributed by atoms with E-state index in [1.165, 1.54) is 6.92 Å². The molecule has 120 valence electrons. The molecule has 0 radical (unpaired) electrons. The second-order valence-corrected chi connectivity index (χ2v) is 6.50. The summed E-state index contributed by atoms with van der Waals surface area (Å²) in [5.74, 6) is -0.483. The number of nitrogens with one attached hydrogen (secondary N) is 1. The summed E-state index contributed by atoms with van der Waals surface area (Å²) in [6.45, 7) is 4.54. The maximum Gasteiger partial charge on any atom is 0.230 e. The van der Waals surface area contributed by atoms with Crippen LogP contribution >= 0.6 is 23.2 Å². The molecule has 4 nitrogen and oxygen atoms in total. The van der Waals surface area contributed by atoms with Gasteiger partial charge in [0.05, 0.1) is 5.92 Å². The fourth-order valence-corrected chi connectivity index (χ4v) is 3.63. The summed E-state index contributed by atoms with van der Waals surface area (Å²) in [6, 6.07) is 5.26. The molecule has 1 aromatic carbocycles. The van der Waals surface area contributed by atoms with Gasteiger partial charge in [0.15, 0.2) is 0 Å². The second-order valence-electron chi connectivity index (χ2n) is 5.68. The van der Waals surface area contributed by atoms with Crippen molar-refractivity contribution in [3.05, 3.63) is 33.8 Å². The Balaban J connectivity index is 2.11. The van der Waals surface area contributed by atoms with E-state index >= 15 is 0 Å². The number of hydrogen-bond donors (Lipinski definition) is 1. The number of amides is 2. The number of benzene rings is 1. The van der Waals surface area contributed by atoms with E-state index in [0.717, 1.165) is 12.8 Å². The van der Waals surface area contributed by atoms with Crippen LogP contribution in [0.1, 0.15) is 38.2 Å². The van der Waals surface area contributed by atoms with Crippen LogP contribution in [-0.4, -0.2) is 35.8 Å². The molecule has 1 fully saturated rings. The summed E-state index contributed by atoms with van der Waals surface area (Å²) in [7, 11) is 0. The van der Waals surface area contributed by atoms with Gasteiger partial charge < -0.3 is 10.2 Å². The topological polar surface area (TPSA) is 49.4 Å². The Hall–Kier alpha value is -1.26. The molecule has 0 unspecified atom stereocenters. The van der Waals surface area contributed by atoms with E-state index in [1.54, 1.807) is 23.1 Å². The fraction of sp³-hybridized carbons (Fsp3) is 0.500. The lowest BCUT2D eigenvalue weighted by Gasteiger charge is -2.34. The summed E-state index contributed by atoms with van der Waals surface area (Å²) in [5.41, 5.74) is 0.664. The van der Waals surface area contributed by atoms with Crippen molar-refractivity contribution in [1.29, 1.82) is 0 Å². The third-order valence-corrected chi connectivity index (χ3v) is 4.60. The third-order valence-electron chi connectivity index (χ3n) is 3.94. The van der Waals surface area contributed by atoms with Crippen LogP contribution in [0.4, 0.5) is 0 Å². The van der Waals surface area contributed by atoms with Crippen LogP contribution in [0.3, 0.4) is 0 Å². The van der Waals surface area contributed by atoms with Crippen LogP contribution in [0, 0.1) is 0 Å². The maximum absolute atomic E-state index is 12.7. The molecule has 1 heterocycles. The second kappa shape index (κ2) is 7.34.